The lowest BCUT2D eigenvalue weighted by atomic mass is 9.63. The number of nitrogens with zero attached hydrogens (tertiary/aromatic N) is 1. The Kier molecular flexibility index (Phi) is 2.37. The minimum Gasteiger partial charge on any atom is -0.258 e. The zero-order valence-electron chi connectivity index (χ0n) is 10.7. The van der Waals surface area contributed by atoms with Crippen LogP contribution in [-0.2, 0) is 4.32 Å². The van der Waals surface area contributed by atoms with Crippen molar-refractivity contribution >= 4 is 21.6 Å². The van der Waals surface area contributed by atoms with Gasteiger partial charge in [0.05, 0.1) is 9.25 Å². The van der Waals surface area contributed by atoms with Crippen LogP contribution in [0.3, 0.4) is 0 Å². The Morgan fingerprint density at radius 2 is 1.90 bits per heavy atom. The molecule has 0 radical (unpaired) electrons. The van der Waals surface area contributed by atoms with Gasteiger partial charge in [0.25, 0.3) is 5.69 Å². The van der Waals surface area contributed by atoms with Gasteiger partial charge in [-0.05, 0) is 35.1 Å². The summed E-state index contributed by atoms with van der Waals surface area (Å²) in [6, 6.07) is 13.7. The first-order valence-electron chi connectivity index (χ1n) is 6.68. The summed E-state index contributed by atoms with van der Waals surface area (Å²) in [7, 11) is 0. The molecule has 0 saturated carbocycles. The molecule has 3 aliphatic carbocycles. The highest BCUT2D eigenvalue weighted by Gasteiger charge is 2.46. The third-order valence-corrected chi connectivity index (χ3v) is 5.84. The zero-order chi connectivity index (χ0) is 13.9. The second-order valence-electron chi connectivity index (χ2n) is 5.51. The second-order valence-corrected chi connectivity index (χ2v) is 6.86. The van der Waals surface area contributed by atoms with Gasteiger partial charge in [-0.25, -0.2) is 0 Å². The van der Waals surface area contributed by atoms with Crippen molar-refractivity contribution in [3.05, 3.63) is 74.8 Å². The fourth-order valence-corrected chi connectivity index (χ4v) is 4.66. The molecule has 2 atom stereocenters. The first kappa shape index (κ1) is 12.1. The van der Waals surface area contributed by atoms with Crippen molar-refractivity contribution in [2.75, 3.05) is 0 Å². The molecule has 2 aromatic carbocycles. The molecule has 3 nitrogen and oxygen atoms in total. The van der Waals surface area contributed by atoms with Crippen molar-refractivity contribution in [2.45, 2.75) is 23.1 Å². The topological polar surface area (TPSA) is 43.1 Å². The molecule has 0 heterocycles. The number of halogens is 1. The largest absolute Gasteiger partial charge is 0.269 e. The Hall–Kier alpha value is -1.68. The van der Waals surface area contributed by atoms with E-state index in [4.69, 9.17) is 0 Å². The van der Waals surface area contributed by atoms with Gasteiger partial charge in [0.1, 0.15) is 0 Å². The summed E-state index contributed by atoms with van der Waals surface area (Å²) < 4.78 is -0.178. The van der Waals surface area contributed by atoms with Crippen LogP contribution in [0.25, 0.3) is 0 Å². The van der Waals surface area contributed by atoms with Crippen molar-refractivity contribution in [2.24, 2.45) is 0 Å². The average molecular weight is 330 g/mol. The van der Waals surface area contributed by atoms with Gasteiger partial charge >= 0.3 is 0 Å². The molecule has 3 aliphatic rings. The standard InChI is InChI=1S/C16H12BrNO2/c17-16-8-7-11(12-3-1-2-4-14(12)16)13-9-10(18(19)20)5-6-15(13)16/h1-6,9,11H,7-8H2/t11-,16-/m1/s1. The molecular weight excluding hydrogens is 318 g/mol. The van der Waals surface area contributed by atoms with Gasteiger partial charge < -0.3 is 0 Å². The number of hydrogen-bond donors (Lipinski definition) is 0. The molecule has 2 aromatic rings. The predicted octanol–water partition coefficient (Wildman–Crippen LogP) is 4.47. The number of nitro benzene ring substituents is 1. The summed E-state index contributed by atoms with van der Waals surface area (Å²) in [5.41, 5.74) is 5.12. The van der Waals surface area contributed by atoms with Crippen LogP contribution < -0.4 is 0 Å². The van der Waals surface area contributed by atoms with Crippen molar-refractivity contribution in [1.82, 2.24) is 0 Å². The number of nitro groups is 1. The number of benzene rings is 2. The van der Waals surface area contributed by atoms with E-state index in [0.717, 1.165) is 18.4 Å². The van der Waals surface area contributed by atoms with E-state index >= 15 is 0 Å². The second kappa shape index (κ2) is 3.92. The van der Waals surface area contributed by atoms with Crippen LogP contribution >= 0.6 is 15.9 Å². The number of non-ortho nitro benzene ring substituents is 1. The highest BCUT2D eigenvalue weighted by molar-refractivity contribution is 9.09. The summed E-state index contributed by atoms with van der Waals surface area (Å²) in [6.07, 6.45) is 2.08. The summed E-state index contributed by atoms with van der Waals surface area (Å²) in [4.78, 5) is 10.7. The molecular formula is C16H12BrNO2. The van der Waals surface area contributed by atoms with E-state index in [9.17, 15) is 10.1 Å². The van der Waals surface area contributed by atoms with Crippen molar-refractivity contribution in [1.29, 1.82) is 0 Å². The zero-order valence-corrected chi connectivity index (χ0v) is 12.3. The summed E-state index contributed by atoms with van der Waals surface area (Å²) in [6.45, 7) is 0. The van der Waals surface area contributed by atoms with Crippen LogP contribution in [0, 0.1) is 10.1 Å². The first-order valence-corrected chi connectivity index (χ1v) is 7.48. The molecule has 5 rings (SSSR count). The molecule has 4 heteroatoms. The van der Waals surface area contributed by atoms with E-state index in [2.05, 4.69) is 34.1 Å². The van der Waals surface area contributed by atoms with Gasteiger partial charge in [-0.2, -0.15) is 0 Å². The van der Waals surface area contributed by atoms with Gasteiger partial charge in [0, 0.05) is 18.1 Å². The molecule has 0 unspecified atom stereocenters. The lowest BCUT2D eigenvalue weighted by Gasteiger charge is -2.46. The fraction of sp³-hybridized carbons (Fsp3) is 0.250. The fourth-order valence-electron chi connectivity index (χ4n) is 3.71. The van der Waals surface area contributed by atoms with E-state index in [1.54, 1.807) is 12.1 Å². The van der Waals surface area contributed by atoms with Gasteiger partial charge in [-0.15, -0.1) is 0 Å². The molecule has 2 bridgehead atoms. The Bertz CT molecular complexity index is 743. The van der Waals surface area contributed by atoms with Gasteiger partial charge in [0.15, 0.2) is 0 Å². The van der Waals surface area contributed by atoms with Crippen LogP contribution in [-0.4, -0.2) is 4.92 Å². The SMILES string of the molecule is O=[N+]([O-])c1ccc2c(c1)[C@@H]1CC[C@@]2(Br)c2ccccc21. The average Bonchev–Trinajstić information content (AvgIpc) is 2.47. The first-order chi connectivity index (χ1) is 9.61. The van der Waals surface area contributed by atoms with Gasteiger partial charge in [-0.1, -0.05) is 46.3 Å². The van der Waals surface area contributed by atoms with Gasteiger partial charge in [0.2, 0.25) is 0 Å². The molecule has 100 valence electrons. The maximum absolute atomic E-state index is 11.0. The maximum Gasteiger partial charge on any atom is 0.269 e. The number of fused-ring (bicyclic) bond motifs is 1. The number of alkyl halides is 1. The summed E-state index contributed by atoms with van der Waals surface area (Å²) in [5.74, 6) is 0.292. The van der Waals surface area contributed by atoms with E-state index in [-0.39, 0.29) is 14.9 Å². The molecule has 0 aromatic heterocycles. The van der Waals surface area contributed by atoms with E-state index in [0.29, 0.717) is 5.92 Å². The van der Waals surface area contributed by atoms with Crippen LogP contribution in [0.2, 0.25) is 0 Å². The molecule has 0 aliphatic heterocycles. The lowest BCUT2D eigenvalue weighted by molar-refractivity contribution is -0.385. The van der Waals surface area contributed by atoms with E-state index < -0.39 is 0 Å². The van der Waals surface area contributed by atoms with Crippen LogP contribution in [0.1, 0.15) is 41.0 Å². The van der Waals surface area contributed by atoms with Crippen molar-refractivity contribution in [3.8, 4) is 0 Å². The molecule has 0 spiro atoms. The smallest absolute Gasteiger partial charge is 0.258 e. The van der Waals surface area contributed by atoms with Crippen LogP contribution in [0.4, 0.5) is 5.69 Å². The molecule has 20 heavy (non-hydrogen) atoms. The number of rotatable bonds is 1. The van der Waals surface area contributed by atoms with Crippen LogP contribution in [0.15, 0.2) is 42.5 Å². The maximum atomic E-state index is 11.0. The Morgan fingerprint density at radius 1 is 1.15 bits per heavy atom. The minimum atomic E-state index is -0.310. The highest BCUT2D eigenvalue weighted by Crippen LogP contribution is 2.59. The third kappa shape index (κ3) is 1.40. The van der Waals surface area contributed by atoms with Gasteiger partial charge in [-0.3, -0.25) is 10.1 Å². The van der Waals surface area contributed by atoms with E-state index in [1.165, 1.54) is 16.7 Å². The monoisotopic (exact) mass is 329 g/mol. The number of hydrogen-bond acceptors (Lipinski definition) is 2. The summed E-state index contributed by atoms with van der Waals surface area (Å²) in [5, 5.41) is 11.0. The Labute approximate surface area is 124 Å². The molecule has 0 saturated heterocycles. The minimum absolute atomic E-state index is 0.178. The molecule has 0 N–H and O–H groups in total. The quantitative estimate of drug-likeness (QED) is 0.440. The molecule has 0 amide bonds. The van der Waals surface area contributed by atoms with E-state index in [1.807, 2.05) is 12.1 Å². The van der Waals surface area contributed by atoms with Crippen molar-refractivity contribution in [3.63, 3.8) is 0 Å². The lowest BCUT2D eigenvalue weighted by Crippen LogP contribution is -2.35. The van der Waals surface area contributed by atoms with Crippen molar-refractivity contribution < 1.29 is 4.92 Å². The van der Waals surface area contributed by atoms with Crippen LogP contribution in [0.5, 0.6) is 0 Å². The highest BCUT2D eigenvalue weighted by atomic mass is 79.9. The summed E-state index contributed by atoms with van der Waals surface area (Å²) >= 11 is 3.92. The Morgan fingerprint density at radius 3 is 2.70 bits per heavy atom. The predicted molar refractivity (Wildman–Crippen MR) is 80.3 cm³/mol. The normalized spacial score (nSPS) is 25.9. The Balaban J connectivity index is 2.01. The third-order valence-electron chi connectivity index (χ3n) is 4.59. The molecule has 0 fully saturated rings.